The van der Waals surface area contributed by atoms with Gasteiger partial charge in [0.25, 0.3) is 0 Å². The molecule has 0 spiro atoms. The molecule has 3 amide bonds. The number of nitrogens with two attached hydrogens (primary N) is 4. The van der Waals surface area contributed by atoms with E-state index in [0.29, 0.717) is 24.9 Å². The maximum atomic E-state index is 13.4. The first kappa shape index (κ1) is 29.1. The van der Waals surface area contributed by atoms with Crippen LogP contribution in [0.1, 0.15) is 24.0 Å². The average molecular weight is 536 g/mol. The zero-order valence-corrected chi connectivity index (χ0v) is 21.5. The molecule has 206 valence electrons. The molecule has 39 heavy (non-hydrogen) atoms. The number of benzene rings is 3. The van der Waals surface area contributed by atoms with Gasteiger partial charge < -0.3 is 33.6 Å². The molecule has 10 nitrogen and oxygen atoms in total. The van der Waals surface area contributed by atoms with Crippen LogP contribution >= 0.6 is 0 Å². The quantitative estimate of drug-likeness (QED) is 0.105. The molecule has 0 heterocycles. The number of primary amides is 1. The van der Waals surface area contributed by atoms with E-state index < -0.39 is 41.7 Å². The Balaban J connectivity index is 1.76. The van der Waals surface area contributed by atoms with E-state index in [4.69, 9.17) is 22.9 Å². The second-order valence-corrected chi connectivity index (χ2v) is 9.30. The van der Waals surface area contributed by atoms with Crippen molar-refractivity contribution in [2.45, 2.75) is 43.8 Å². The van der Waals surface area contributed by atoms with Crippen LogP contribution < -0.4 is 33.6 Å². The zero-order valence-electron chi connectivity index (χ0n) is 21.5. The van der Waals surface area contributed by atoms with Crippen molar-refractivity contribution >= 4 is 34.5 Å². The zero-order chi connectivity index (χ0) is 28.4. The standard InChI is InChI=1S/C28H34FN7O3/c29-21-11-8-17(9-12-21)15-23(25(31)37)35-27(39)24(36-26(38)22(30)6-3-13-34-28(32)33)16-18-7-10-19-4-1-2-5-20(19)14-18/h1-2,4-5,7-12,14,22-24H,3,6,13,15-16,30H2,(H2,31,37)(H,35,39)(H,36,38)(H4,32,33,34)/t22-,23-,24-/m0/s1. The summed E-state index contributed by atoms with van der Waals surface area (Å²) in [5.74, 6) is -2.37. The van der Waals surface area contributed by atoms with E-state index in [9.17, 15) is 18.8 Å². The summed E-state index contributed by atoms with van der Waals surface area (Å²) in [5.41, 5.74) is 23.6. The number of fused-ring (bicyclic) bond motifs is 1. The van der Waals surface area contributed by atoms with Crippen molar-refractivity contribution in [2.24, 2.45) is 27.9 Å². The highest BCUT2D eigenvalue weighted by Gasteiger charge is 2.28. The lowest BCUT2D eigenvalue weighted by Gasteiger charge is -2.23. The van der Waals surface area contributed by atoms with Crippen LogP contribution in [0.2, 0.25) is 0 Å². The summed E-state index contributed by atoms with van der Waals surface area (Å²) in [4.78, 5) is 42.3. The molecule has 0 radical (unpaired) electrons. The van der Waals surface area contributed by atoms with Gasteiger partial charge in [-0.25, -0.2) is 4.39 Å². The number of rotatable bonds is 13. The van der Waals surface area contributed by atoms with Gasteiger partial charge in [-0.2, -0.15) is 0 Å². The summed E-state index contributed by atoms with van der Waals surface area (Å²) in [6, 6.07) is 16.0. The summed E-state index contributed by atoms with van der Waals surface area (Å²) in [7, 11) is 0. The molecule has 3 rings (SSSR count). The van der Waals surface area contributed by atoms with Gasteiger partial charge in [-0.3, -0.25) is 19.4 Å². The topological polar surface area (TPSA) is 192 Å². The monoisotopic (exact) mass is 535 g/mol. The van der Waals surface area contributed by atoms with Crippen LogP contribution in [0.4, 0.5) is 4.39 Å². The van der Waals surface area contributed by atoms with E-state index in [2.05, 4.69) is 15.6 Å². The minimum atomic E-state index is -1.08. The summed E-state index contributed by atoms with van der Waals surface area (Å²) < 4.78 is 13.3. The predicted octanol–water partition coefficient (Wildman–Crippen LogP) is 0.600. The molecule has 3 aromatic rings. The van der Waals surface area contributed by atoms with Crippen molar-refractivity contribution in [1.29, 1.82) is 0 Å². The van der Waals surface area contributed by atoms with Gasteiger partial charge in [-0.15, -0.1) is 0 Å². The molecule has 0 fully saturated rings. The Hall–Kier alpha value is -4.51. The summed E-state index contributed by atoms with van der Waals surface area (Å²) >= 11 is 0. The second kappa shape index (κ2) is 13.9. The fourth-order valence-corrected chi connectivity index (χ4v) is 4.09. The van der Waals surface area contributed by atoms with E-state index in [1.807, 2.05) is 42.5 Å². The lowest BCUT2D eigenvalue weighted by Crippen LogP contribution is -2.56. The molecule has 0 aliphatic heterocycles. The maximum absolute atomic E-state index is 13.4. The Morgan fingerprint density at radius 2 is 1.41 bits per heavy atom. The molecule has 0 unspecified atom stereocenters. The molecule has 0 saturated heterocycles. The third-order valence-corrected chi connectivity index (χ3v) is 6.20. The minimum absolute atomic E-state index is 0.0511. The number of hydrogen-bond donors (Lipinski definition) is 6. The first-order chi connectivity index (χ1) is 18.6. The fourth-order valence-electron chi connectivity index (χ4n) is 4.09. The second-order valence-electron chi connectivity index (χ2n) is 9.30. The number of halogens is 1. The summed E-state index contributed by atoms with van der Waals surface area (Å²) in [6.45, 7) is 0.313. The van der Waals surface area contributed by atoms with Gasteiger partial charge in [-0.1, -0.05) is 54.6 Å². The van der Waals surface area contributed by atoms with E-state index in [1.54, 1.807) is 0 Å². The largest absolute Gasteiger partial charge is 0.370 e. The molecule has 0 saturated carbocycles. The molecule has 0 aliphatic rings. The Kier molecular flexibility index (Phi) is 10.3. The van der Waals surface area contributed by atoms with E-state index >= 15 is 0 Å². The fraction of sp³-hybridized carbons (Fsp3) is 0.286. The Morgan fingerprint density at radius 1 is 0.795 bits per heavy atom. The van der Waals surface area contributed by atoms with Crippen molar-refractivity contribution in [3.63, 3.8) is 0 Å². The molecule has 0 bridgehead atoms. The highest BCUT2D eigenvalue weighted by molar-refractivity contribution is 5.93. The molecule has 0 aliphatic carbocycles. The normalized spacial score (nSPS) is 13.2. The highest BCUT2D eigenvalue weighted by Crippen LogP contribution is 2.17. The lowest BCUT2D eigenvalue weighted by molar-refractivity contribution is -0.131. The van der Waals surface area contributed by atoms with Gasteiger partial charge in [0.2, 0.25) is 17.7 Å². The van der Waals surface area contributed by atoms with Crippen LogP contribution in [-0.2, 0) is 27.2 Å². The average Bonchev–Trinajstić information content (AvgIpc) is 2.91. The first-order valence-electron chi connectivity index (χ1n) is 12.6. The molecular weight excluding hydrogens is 501 g/mol. The predicted molar refractivity (Wildman–Crippen MR) is 149 cm³/mol. The van der Waals surface area contributed by atoms with Crippen molar-refractivity contribution in [3.8, 4) is 0 Å². The molecule has 3 atom stereocenters. The van der Waals surface area contributed by atoms with E-state index in [1.165, 1.54) is 24.3 Å². The summed E-state index contributed by atoms with van der Waals surface area (Å²) in [6.07, 6.45) is 0.963. The molecule has 11 heteroatoms. The van der Waals surface area contributed by atoms with Crippen LogP contribution in [-0.4, -0.2) is 48.4 Å². The molecule has 3 aromatic carbocycles. The third-order valence-electron chi connectivity index (χ3n) is 6.20. The Labute approximate surface area is 226 Å². The van der Waals surface area contributed by atoms with Gasteiger partial charge >= 0.3 is 0 Å². The Morgan fingerprint density at radius 3 is 2.08 bits per heavy atom. The van der Waals surface area contributed by atoms with Gasteiger partial charge in [0.05, 0.1) is 6.04 Å². The van der Waals surface area contributed by atoms with Crippen molar-refractivity contribution in [2.75, 3.05) is 6.54 Å². The first-order valence-corrected chi connectivity index (χ1v) is 12.6. The van der Waals surface area contributed by atoms with Gasteiger partial charge in [-0.05, 0) is 46.9 Å². The van der Waals surface area contributed by atoms with Crippen molar-refractivity contribution in [3.05, 3.63) is 83.7 Å². The number of guanidine groups is 1. The van der Waals surface area contributed by atoms with Crippen molar-refractivity contribution < 1.29 is 18.8 Å². The molecule has 0 aromatic heterocycles. The highest BCUT2D eigenvalue weighted by atomic mass is 19.1. The van der Waals surface area contributed by atoms with Crippen LogP contribution in [0.15, 0.2) is 71.7 Å². The Bertz CT molecular complexity index is 1330. The van der Waals surface area contributed by atoms with Gasteiger partial charge in [0.1, 0.15) is 17.9 Å². The van der Waals surface area contributed by atoms with Crippen LogP contribution in [0.25, 0.3) is 10.8 Å². The molecule has 10 N–H and O–H groups in total. The van der Waals surface area contributed by atoms with Crippen molar-refractivity contribution in [1.82, 2.24) is 10.6 Å². The van der Waals surface area contributed by atoms with Crippen LogP contribution in [0.3, 0.4) is 0 Å². The third kappa shape index (κ3) is 9.08. The van der Waals surface area contributed by atoms with Gasteiger partial charge in [0.15, 0.2) is 5.96 Å². The number of amides is 3. The van der Waals surface area contributed by atoms with E-state index in [-0.39, 0.29) is 18.8 Å². The number of aliphatic imine (C=N–C) groups is 1. The number of carbonyl (C=O) groups excluding carboxylic acids is 3. The van der Waals surface area contributed by atoms with Gasteiger partial charge in [0, 0.05) is 19.4 Å². The smallest absolute Gasteiger partial charge is 0.243 e. The SMILES string of the molecule is NC(=O)[C@H](Cc1ccc(F)cc1)NC(=O)[C@H](Cc1ccc2ccccc2c1)NC(=O)[C@@H](N)CCCN=C(N)N. The van der Waals surface area contributed by atoms with E-state index in [0.717, 1.165) is 16.3 Å². The number of carbonyl (C=O) groups is 3. The number of hydrogen-bond acceptors (Lipinski definition) is 5. The minimum Gasteiger partial charge on any atom is -0.370 e. The van der Waals surface area contributed by atoms with Crippen LogP contribution in [0.5, 0.6) is 0 Å². The number of nitrogens with one attached hydrogen (secondary N) is 2. The van der Waals surface area contributed by atoms with Crippen LogP contribution in [0, 0.1) is 5.82 Å². The summed E-state index contributed by atoms with van der Waals surface area (Å²) in [5, 5.41) is 7.36. The number of nitrogens with zero attached hydrogens (tertiary/aromatic N) is 1. The maximum Gasteiger partial charge on any atom is 0.243 e. The molecular formula is C28H34FN7O3. The lowest BCUT2D eigenvalue weighted by atomic mass is 9.99.